The number of thioether (sulfide) groups is 1. The lowest BCUT2D eigenvalue weighted by Gasteiger charge is -2.10. The molecule has 1 aromatic carbocycles. The van der Waals surface area contributed by atoms with E-state index in [0.717, 1.165) is 23.0 Å². The van der Waals surface area contributed by atoms with Gasteiger partial charge in [0.1, 0.15) is 0 Å². The number of aromatic nitrogens is 1. The van der Waals surface area contributed by atoms with Crippen molar-refractivity contribution in [3.63, 3.8) is 0 Å². The Morgan fingerprint density at radius 1 is 1.44 bits per heavy atom. The Morgan fingerprint density at radius 3 is 3.22 bits per heavy atom. The van der Waals surface area contributed by atoms with Gasteiger partial charge in [-0.3, -0.25) is 4.79 Å². The molecular formula is C14H16N2OS. The first kappa shape index (κ1) is 11.7. The maximum atomic E-state index is 12.2. The second-order valence-corrected chi connectivity index (χ2v) is 5.83. The van der Waals surface area contributed by atoms with Crippen LogP contribution in [0.4, 0.5) is 0 Å². The van der Waals surface area contributed by atoms with Crippen LogP contribution in [0.15, 0.2) is 30.5 Å². The van der Waals surface area contributed by atoms with Crippen molar-refractivity contribution in [1.29, 1.82) is 0 Å². The van der Waals surface area contributed by atoms with Crippen molar-refractivity contribution in [1.82, 2.24) is 10.3 Å². The minimum absolute atomic E-state index is 0.0390. The third-order valence-corrected chi connectivity index (χ3v) is 4.65. The van der Waals surface area contributed by atoms with Gasteiger partial charge in [0.15, 0.2) is 0 Å². The molecule has 1 atom stereocenters. The molecule has 1 saturated heterocycles. The molecule has 2 N–H and O–H groups in total. The smallest absolute Gasteiger partial charge is 0.251 e. The van der Waals surface area contributed by atoms with Crippen LogP contribution in [0, 0.1) is 5.92 Å². The number of rotatable bonds is 3. The minimum Gasteiger partial charge on any atom is -0.361 e. The fourth-order valence-electron chi connectivity index (χ4n) is 2.36. The van der Waals surface area contributed by atoms with E-state index in [0.29, 0.717) is 5.92 Å². The lowest BCUT2D eigenvalue weighted by atomic mass is 10.1. The number of amides is 1. The van der Waals surface area contributed by atoms with E-state index in [9.17, 15) is 4.79 Å². The van der Waals surface area contributed by atoms with Gasteiger partial charge in [-0.15, -0.1) is 0 Å². The summed E-state index contributed by atoms with van der Waals surface area (Å²) >= 11 is 1.98. The summed E-state index contributed by atoms with van der Waals surface area (Å²) in [6.07, 6.45) is 3.09. The zero-order valence-corrected chi connectivity index (χ0v) is 10.9. The molecule has 3 nitrogen and oxygen atoms in total. The van der Waals surface area contributed by atoms with E-state index in [-0.39, 0.29) is 5.91 Å². The summed E-state index contributed by atoms with van der Waals surface area (Å²) in [6, 6.07) is 7.74. The highest BCUT2D eigenvalue weighted by atomic mass is 32.2. The monoisotopic (exact) mass is 260 g/mol. The number of hydrogen-bond donors (Lipinski definition) is 2. The molecule has 0 bridgehead atoms. The van der Waals surface area contributed by atoms with Gasteiger partial charge in [-0.25, -0.2) is 0 Å². The second-order valence-electron chi connectivity index (χ2n) is 4.68. The molecule has 1 aromatic heterocycles. The number of hydrogen-bond acceptors (Lipinski definition) is 2. The summed E-state index contributed by atoms with van der Waals surface area (Å²) < 4.78 is 0. The van der Waals surface area contributed by atoms with Gasteiger partial charge in [0, 0.05) is 29.2 Å². The third kappa shape index (κ3) is 2.25. The van der Waals surface area contributed by atoms with Gasteiger partial charge in [0.05, 0.1) is 0 Å². The Balaban J connectivity index is 1.73. The van der Waals surface area contributed by atoms with E-state index in [4.69, 9.17) is 0 Å². The standard InChI is InChI=1S/C14H16N2OS/c17-14(16-8-10-5-7-18-9-10)12-2-1-3-13-11(12)4-6-15-13/h1-4,6,10,15H,5,7-9H2,(H,16,17). The Hall–Kier alpha value is -1.42. The minimum atomic E-state index is 0.0390. The first-order valence-corrected chi connectivity index (χ1v) is 7.42. The SMILES string of the molecule is O=C(NCC1CCSC1)c1cccc2[nH]ccc12. The predicted octanol–water partition coefficient (Wildman–Crippen LogP) is 2.65. The Labute approximate surface area is 110 Å². The number of aromatic amines is 1. The summed E-state index contributed by atoms with van der Waals surface area (Å²) in [5, 5.41) is 4.05. The molecule has 0 aliphatic carbocycles. The van der Waals surface area contributed by atoms with Crippen LogP contribution in [0.25, 0.3) is 10.9 Å². The van der Waals surface area contributed by atoms with Crippen molar-refractivity contribution < 1.29 is 4.79 Å². The molecule has 2 aromatic rings. The lowest BCUT2D eigenvalue weighted by molar-refractivity contribution is 0.0950. The van der Waals surface area contributed by atoms with Crippen LogP contribution in [0.5, 0.6) is 0 Å². The van der Waals surface area contributed by atoms with Crippen LogP contribution in [-0.4, -0.2) is 28.9 Å². The number of benzene rings is 1. The van der Waals surface area contributed by atoms with E-state index >= 15 is 0 Å². The van der Waals surface area contributed by atoms with Crippen molar-refractivity contribution >= 4 is 28.6 Å². The van der Waals surface area contributed by atoms with Crippen molar-refractivity contribution in [3.05, 3.63) is 36.0 Å². The van der Waals surface area contributed by atoms with Crippen LogP contribution < -0.4 is 5.32 Å². The molecule has 3 rings (SSSR count). The number of H-pyrrole nitrogens is 1. The van der Waals surface area contributed by atoms with Crippen molar-refractivity contribution in [2.75, 3.05) is 18.1 Å². The molecule has 1 amide bonds. The zero-order chi connectivity index (χ0) is 12.4. The third-order valence-electron chi connectivity index (χ3n) is 3.41. The van der Waals surface area contributed by atoms with E-state index in [1.165, 1.54) is 17.9 Å². The Kier molecular flexibility index (Phi) is 3.28. The van der Waals surface area contributed by atoms with Gasteiger partial charge in [0.2, 0.25) is 0 Å². The fourth-order valence-corrected chi connectivity index (χ4v) is 3.64. The second kappa shape index (κ2) is 5.06. The number of carbonyl (C=O) groups excluding carboxylic acids is 1. The summed E-state index contributed by atoms with van der Waals surface area (Å²) in [4.78, 5) is 15.3. The van der Waals surface area contributed by atoms with Crippen molar-refractivity contribution in [2.45, 2.75) is 6.42 Å². The summed E-state index contributed by atoms with van der Waals surface area (Å²) in [5.74, 6) is 3.09. The molecule has 2 heterocycles. The largest absolute Gasteiger partial charge is 0.361 e. The normalized spacial score (nSPS) is 19.2. The molecule has 1 aliphatic heterocycles. The van der Waals surface area contributed by atoms with Crippen LogP contribution in [0.1, 0.15) is 16.8 Å². The number of fused-ring (bicyclic) bond motifs is 1. The average molecular weight is 260 g/mol. The molecule has 18 heavy (non-hydrogen) atoms. The first-order valence-electron chi connectivity index (χ1n) is 6.26. The van der Waals surface area contributed by atoms with Gasteiger partial charge < -0.3 is 10.3 Å². The molecule has 94 valence electrons. The van der Waals surface area contributed by atoms with Crippen LogP contribution in [0.3, 0.4) is 0 Å². The van der Waals surface area contributed by atoms with Crippen molar-refractivity contribution in [2.24, 2.45) is 5.92 Å². The predicted molar refractivity (Wildman–Crippen MR) is 76.1 cm³/mol. The van der Waals surface area contributed by atoms with Crippen molar-refractivity contribution in [3.8, 4) is 0 Å². The highest BCUT2D eigenvalue weighted by Gasteiger charge is 2.17. The zero-order valence-electron chi connectivity index (χ0n) is 10.1. The lowest BCUT2D eigenvalue weighted by Crippen LogP contribution is -2.29. The number of nitrogens with one attached hydrogen (secondary N) is 2. The van der Waals surface area contributed by atoms with Crippen LogP contribution in [-0.2, 0) is 0 Å². The maximum absolute atomic E-state index is 12.2. The van der Waals surface area contributed by atoms with Gasteiger partial charge >= 0.3 is 0 Å². The molecular weight excluding hydrogens is 244 g/mol. The van der Waals surface area contributed by atoms with Crippen LogP contribution >= 0.6 is 11.8 Å². The topological polar surface area (TPSA) is 44.9 Å². The highest BCUT2D eigenvalue weighted by molar-refractivity contribution is 7.99. The van der Waals surface area contributed by atoms with E-state index in [2.05, 4.69) is 10.3 Å². The molecule has 1 unspecified atom stereocenters. The van der Waals surface area contributed by atoms with Gasteiger partial charge in [-0.2, -0.15) is 11.8 Å². The molecule has 0 radical (unpaired) electrons. The molecule has 1 aliphatic rings. The molecule has 1 fully saturated rings. The van der Waals surface area contributed by atoms with Gasteiger partial charge in [-0.05, 0) is 42.0 Å². The Bertz CT molecular complexity index is 558. The summed E-state index contributed by atoms with van der Waals surface area (Å²) in [5.41, 5.74) is 1.78. The molecule has 4 heteroatoms. The van der Waals surface area contributed by atoms with E-state index in [1.807, 2.05) is 42.2 Å². The van der Waals surface area contributed by atoms with Gasteiger partial charge in [-0.1, -0.05) is 6.07 Å². The maximum Gasteiger partial charge on any atom is 0.251 e. The Morgan fingerprint density at radius 2 is 2.39 bits per heavy atom. The quantitative estimate of drug-likeness (QED) is 0.891. The summed E-state index contributed by atoms with van der Waals surface area (Å²) in [6.45, 7) is 0.798. The van der Waals surface area contributed by atoms with Gasteiger partial charge in [0.25, 0.3) is 5.91 Å². The molecule has 0 spiro atoms. The van der Waals surface area contributed by atoms with Crippen LogP contribution in [0.2, 0.25) is 0 Å². The summed E-state index contributed by atoms with van der Waals surface area (Å²) in [7, 11) is 0. The average Bonchev–Trinajstić information content (AvgIpc) is 3.05. The molecule has 0 saturated carbocycles. The number of carbonyl (C=O) groups is 1. The van der Waals surface area contributed by atoms with E-state index < -0.39 is 0 Å². The highest BCUT2D eigenvalue weighted by Crippen LogP contribution is 2.23. The van der Waals surface area contributed by atoms with E-state index in [1.54, 1.807) is 0 Å². The first-order chi connectivity index (χ1) is 8.84. The fraction of sp³-hybridized carbons (Fsp3) is 0.357.